The molecular formula is C19H23ClN4O2. The monoisotopic (exact) mass is 374 g/mol. The summed E-state index contributed by atoms with van der Waals surface area (Å²) in [4.78, 5) is 14.6. The predicted molar refractivity (Wildman–Crippen MR) is 99.4 cm³/mol. The van der Waals surface area contributed by atoms with Crippen molar-refractivity contribution in [2.24, 2.45) is 5.92 Å². The van der Waals surface area contributed by atoms with Gasteiger partial charge >= 0.3 is 0 Å². The molecule has 7 heteroatoms. The van der Waals surface area contributed by atoms with E-state index in [0.717, 1.165) is 54.9 Å². The fraction of sp³-hybridized carbons (Fsp3) is 0.474. The second-order valence-electron chi connectivity index (χ2n) is 7.03. The van der Waals surface area contributed by atoms with Gasteiger partial charge in [0.25, 0.3) is 0 Å². The first-order valence-corrected chi connectivity index (χ1v) is 9.55. The molecule has 3 heterocycles. The van der Waals surface area contributed by atoms with E-state index in [4.69, 9.17) is 16.1 Å². The molecule has 0 atom stereocenters. The maximum atomic E-state index is 12.6. The van der Waals surface area contributed by atoms with Crippen molar-refractivity contribution >= 4 is 17.5 Å². The highest BCUT2D eigenvalue weighted by molar-refractivity contribution is 6.30. The van der Waals surface area contributed by atoms with Crippen LogP contribution in [0.15, 0.2) is 28.8 Å². The topological polar surface area (TPSA) is 70.4 Å². The van der Waals surface area contributed by atoms with E-state index < -0.39 is 0 Å². The van der Waals surface area contributed by atoms with Gasteiger partial charge in [0.2, 0.25) is 5.91 Å². The van der Waals surface area contributed by atoms with Crippen molar-refractivity contribution in [3.05, 3.63) is 40.6 Å². The van der Waals surface area contributed by atoms with Crippen molar-refractivity contribution in [3.8, 4) is 11.3 Å². The molecule has 6 nitrogen and oxygen atoms in total. The maximum absolute atomic E-state index is 12.6. The maximum Gasteiger partial charge on any atom is 0.222 e. The average molecular weight is 375 g/mol. The number of amides is 1. The molecule has 0 aliphatic carbocycles. The van der Waals surface area contributed by atoms with Crippen LogP contribution in [-0.2, 0) is 17.8 Å². The smallest absolute Gasteiger partial charge is 0.222 e. The number of rotatable bonds is 5. The summed E-state index contributed by atoms with van der Waals surface area (Å²) in [5.74, 6) is 1.74. The fourth-order valence-electron chi connectivity index (χ4n) is 3.67. The number of nitrogens with zero attached hydrogens (tertiary/aromatic N) is 2. The summed E-state index contributed by atoms with van der Waals surface area (Å²) in [7, 11) is 0. The van der Waals surface area contributed by atoms with Gasteiger partial charge in [0.05, 0.1) is 6.54 Å². The molecule has 2 N–H and O–H groups in total. The zero-order chi connectivity index (χ0) is 17.9. The molecule has 0 saturated carbocycles. The summed E-state index contributed by atoms with van der Waals surface area (Å²) < 4.78 is 5.51. The van der Waals surface area contributed by atoms with Gasteiger partial charge in [-0.05, 0) is 30.9 Å². The second kappa shape index (κ2) is 7.78. The van der Waals surface area contributed by atoms with Crippen molar-refractivity contribution in [2.45, 2.75) is 32.2 Å². The minimum absolute atomic E-state index is 0.220. The summed E-state index contributed by atoms with van der Waals surface area (Å²) in [6.07, 6.45) is 3.34. The molecule has 1 aromatic carbocycles. The number of hydrogen-bond acceptors (Lipinski definition) is 5. The highest BCUT2D eigenvalue weighted by Crippen LogP contribution is 2.31. The number of carbonyl (C=O) groups excluding carboxylic acids is 1. The molecule has 2 aliphatic rings. The van der Waals surface area contributed by atoms with Crippen LogP contribution in [0, 0.1) is 5.92 Å². The standard InChI is InChI=1S/C19H23ClN4O2/c20-15-6-4-14(5-7-15)19-16-12-24(9-8-17(16)26-23-19)18(25)3-1-2-13-10-21-22-11-13/h4-7,13,21-22H,1-3,8-12H2. The molecule has 26 heavy (non-hydrogen) atoms. The lowest BCUT2D eigenvalue weighted by atomic mass is 10.00. The molecule has 0 spiro atoms. The van der Waals surface area contributed by atoms with Crippen LogP contribution in [-0.4, -0.2) is 35.6 Å². The Balaban J connectivity index is 1.39. The highest BCUT2D eigenvalue weighted by atomic mass is 35.5. The van der Waals surface area contributed by atoms with Crippen molar-refractivity contribution in [3.63, 3.8) is 0 Å². The minimum Gasteiger partial charge on any atom is -0.360 e. The van der Waals surface area contributed by atoms with E-state index in [0.29, 0.717) is 30.5 Å². The van der Waals surface area contributed by atoms with Crippen LogP contribution < -0.4 is 10.9 Å². The Morgan fingerprint density at radius 3 is 2.81 bits per heavy atom. The Bertz CT molecular complexity index is 768. The molecule has 138 valence electrons. The van der Waals surface area contributed by atoms with Crippen LogP contribution in [0.2, 0.25) is 5.02 Å². The molecule has 1 saturated heterocycles. The fourth-order valence-corrected chi connectivity index (χ4v) is 3.79. The third-order valence-corrected chi connectivity index (χ3v) is 5.46. The number of carbonyl (C=O) groups is 1. The van der Waals surface area contributed by atoms with Crippen molar-refractivity contribution in [1.82, 2.24) is 20.9 Å². The van der Waals surface area contributed by atoms with E-state index >= 15 is 0 Å². The second-order valence-corrected chi connectivity index (χ2v) is 7.46. The summed E-state index contributed by atoms with van der Waals surface area (Å²) in [5.41, 5.74) is 9.08. The summed E-state index contributed by atoms with van der Waals surface area (Å²) in [6.45, 7) is 3.26. The SMILES string of the molecule is O=C(CCCC1CNNC1)N1CCc2onc(-c3ccc(Cl)cc3)c2C1. The first-order valence-electron chi connectivity index (χ1n) is 9.17. The highest BCUT2D eigenvalue weighted by Gasteiger charge is 2.27. The number of hydrazine groups is 1. The lowest BCUT2D eigenvalue weighted by Crippen LogP contribution is -2.35. The van der Waals surface area contributed by atoms with Crippen LogP contribution in [0.3, 0.4) is 0 Å². The molecular weight excluding hydrogens is 352 g/mol. The Morgan fingerprint density at radius 2 is 2.04 bits per heavy atom. The van der Waals surface area contributed by atoms with Gasteiger partial charge in [0, 0.05) is 48.6 Å². The van der Waals surface area contributed by atoms with Gasteiger partial charge in [-0.25, -0.2) is 0 Å². The third-order valence-electron chi connectivity index (χ3n) is 5.21. The molecule has 4 rings (SSSR count). The Labute approximate surface area is 157 Å². The van der Waals surface area contributed by atoms with E-state index in [1.54, 1.807) is 0 Å². The Morgan fingerprint density at radius 1 is 1.27 bits per heavy atom. The van der Waals surface area contributed by atoms with Crippen LogP contribution >= 0.6 is 11.6 Å². The Kier molecular flexibility index (Phi) is 5.24. The predicted octanol–water partition coefficient (Wildman–Crippen LogP) is 2.77. The van der Waals surface area contributed by atoms with Crippen molar-refractivity contribution < 1.29 is 9.32 Å². The molecule has 0 bridgehead atoms. The minimum atomic E-state index is 0.220. The van der Waals surface area contributed by atoms with Gasteiger partial charge in [-0.1, -0.05) is 28.9 Å². The van der Waals surface area contributed by atoms with Gasteiger partial charge < -0.3 is 9.42 Å². The van der Waals surface area contributed by atoms with Crippen LogP contribution in [0.1, 0.15) is 30.6 Å². The number of halogens is 1. The molecule has 0 radical (unpaired) electrons. The van der Waals surface area contributed by atoms with Gasteiger partial charge in [0.15, 0.2) is 0 Å². The van der Waals surface area contributed by atoms with Gasteiger partial charge in [-0.15, -0.1) is 0 Å². The molecule has 2 aromatic rings. The van der Waals surface area contributed by atoms with E-state index in [1.807, 2.05) is 29.2 Å². The summed E-state index contributed by atoms with van der Waals surface area (Å²) >= 11 is 5.97. The molecule has 1 fully saturated rings. The van der Waals surface area contributed by atoms with E-state index in [-0.39, 0.29) is 5.91 Å². The number of benzene rings is 1. The van der Waals surface area contributed by atoms with Gasteiger partial charge in [-0.2, -0.15) is 0 Å². The quantitative estimate of drug-likeness (QED) is 0.842. The molecule has 0 unspecified atom stereocenters. The normalized spacial score (nSPS) is 17.5. The first kappa shape index (κ1) is 17.5. The van der Waals surface area contributed by atoms with Gasteiger partial charge in [-0.3, -0.25) is 15.6 Å². The largest absolute Gasteiger partial charge is 0.360 e. The number of hydrogen-bond donors (Lipinski definition) is 2. The van der Waals surface area contributed by atoms with E-state index in [9.17, 15) is 4.79 Å². The Hall–Kier alpha value is -1.89. The van der Waals surface area contributed by atoms with E-state index in [2.05, 4.69) is 16.0 Å². The van der Waals surface area contributed by atoms with Crippen molar-refractivity contribution in [2.75, 3.05) is 19.6 Å². The van der Waals surface area contributed by atoms with Crippen LogP contribution in [0.4, 0.5) is 0 Å². The van der Waals surface area contributed by atoms with Crippen LogP contribution in [0.5, 0.6) is 0 Å². The molecule has 1 aromatic heterocycles. The lowest BCUT2D eigenvalue weighted by Gasteiger charge is -2.26. The molecule has 1 amide bonds. The zero-order valence-corrected chi connectivity index (χ0v) is 15.4. The number of nitrogens with one attached hydrogen (secondary N) is 2. The lowest BCUT2D eigenvalue weighted by molar-refractivity contribution is -0.132. The number of aromatic nitrogens is 1. The molecule has 2 aliphatic heterocycles. The summed E-state index contributed by atoms with van der Waals surface area (Å²) in [5, 5.41) is 4.93. The van der Waals surface area contributed by atoms with Gasteiger partial charge in [0.1, 0.15) is 11.5 Å². The number of fused-ring (bicyclic) bond motifs is 1. The summed E-state index contributed by atoms with van der Waals surface area (Å²) in [6, 6.07) is 7.56. The average Bonchev–Trinajstić information content (AvgIpc) is 3.31. The van der Waals surface area contributed by atoms with Crippen LogP contribution in [0.25, 0.3) is 11.3 Å². The third kappa shape index (κ3) is 3.77. The van der Waals surface area contributed by atoms with Crippen molar-refractivity contribution in [1.29, 1.82) is 0 Å². The zero-order valence-electron chi connectivity index (χ0n) is 14.6. The van der Waals surface area contributed by atoms with E-state index in [1.165, 1.54) is 0 Å². The first-order chi connectivity index (χ1) is 12.7.